The molecule has 338 valence electrons. The molecular weight excluding hydrogens is 821 g/mol. The molecule has 2 aromatic rings. The van der Waals surface area contributed by atoms with Crippen molar-refractivity contribution in [2.24, 2.45) is 11.5 Å². The molecule has 22 heteroatoms. The number of rotatable bonds is 13. The van der Waals surface area contributed by atoms with E-state index >= 15 is 0 Å². The number of benzene rings is 1. The van der Waals surface area contributed by atoms with Gasteiger partial charge in [0.05, 0.1) is 24.0 Å². The molecule has 5 fully saturated rings. The van der Waals surface area contributed by atoms with E-state index in [9.17, 15) is 47.9 Å². The molecule has 5 saturated heterocycles. The summed E-state index contributed by atoms with van der Waals surface area (Å²) in [4.78, 5) is 132. The zero-order valence-corrected chi connectivity index (χ0v) is 34.8. The number of nitrogens with zero attached hydrogens (tertiary/aromatic N) is 4. The third kappa shape index (κ3) is 11.6. The lowest BCUT2D eigenvalue weighted by Gasteiger charge is -2.34. The number of piperazine rings is 1. The minimum Gasteiger partial charge on any atom is -0.370 e. The average molecular weight is 875 g/mol. The third-order valence-corrected chi connectivity index (χ3v) is 11.7. The Morgan fingerprint density at radius 2 is 1.22 bits per heavy atom. The standard InChI is InChI=1S/C23H26N6O5.C18H28N6O5/c24-19(30)12-17(28-21(32)16-8-9-20(31)26-16)23(34)29-11-3-7-18(29)22(33)27-15-6-1-5-14-13(15)4-2-10-25-14;19-14(25)10-12(22-16(27)11-3-4-15(26)21-11)17(28)24-7-1-2-13(24)18(29)23-8-5-20-6-9-23/h1-2,4-6,10,16-18H,3,7-9,11-12H2,(H2,24,30)(H,26,31)(H,27,33)(H,28,32);11-13,20H,1-10H2,(H2,19,25)(H,21,26)(H,22,27). The molecule has 1 aromatic heterocycles. The molecule has 0 radical (unpaired) electrons. The van der Waals surface area contributed by atoms with Crippen molar-refractivity contribution in [3.63, 3.8) is 0 Å². The first-order valence-electron chi connectivity index (χ1n) is 21.2. The van der Waals surface area contributed by atoms with E-state index in [-0.39, 0.29) is 42.9 Å². The Bertz CT molecular complexity index is 2120. The summed E-state index contributed by atoms with van der Waals surface area (Å²) in [7, 11) is 0. The number of likely N-dealkylation sites (tertiary alicyclic amines) is 2. The average Bonchev–Trinajstić information content (AvgIpc) is 4.11. The van der Waals surface area contributed by atoms with Crippen molar-refractivity contribution in [3.05, 3.63) is 36.5 Å². The number of carbonyl (C=O) groups is 10. The molecule has 5 aliphatic rings. The summed E-state index contributed by atoms with van der Waals surface area (Å²) in [5, 5.41) is 17.0. The summed E-state index contributed by atoms with van der Waals surface area (Å²) in [5.41, 5.74) is 11.9. The van der Waals surface area contributed by atoms with Crippen LogP contribution in [0.1, 0.15) is 64.2 Å². The van der Waals surface area contributed by atoms with E-state index in [0.717, 1.165) is 10.9 Å². The topological polar surface area (TPSA) is 318 Å². The Hall–Kier alpha value is -6.71. The second-order valence-electron chi connectivity index (χ2n) is 16.1. The summed E-state index contributed by atoms with van der Waals surface area (Å²) in [6.45, 7) is 3.27. The van der Waals surface area contributed by atoms with Crippen LogP contribution in [0.4, 0.5) is 5.69 Å². The number of fused-ring (bicyclic) bond motifs is 1. The quantitative estimate of drug-likeness (QED) is 0.0990. The number of nitrogens with one attached hydrogen (secondary N) is 6. The van der Waals surface area contributed by atoms with E-state index in [1.165, 1.54) is 9.80 Å². The first-order valence-corrected chi connectivity index (χ1v) is 21.2. The molecule has 0 saturated carbocycles. The van der Waals surface area contributed by atoms with Crippen LogP contribution in [0, 0.1) is 0 Å². The molecule has 6 heterocycles. The third-order valence-electron chi connectivity index (χ3n) is 11.7. The normalized spacial score (nSPS) is 22.8. The van der Waals surface area contributed by atoms with Gasteiger partial charge in [0, 0.05) is 63.7 Å². The van der Waals surface area contributed by atoms with E-state index in [2.05, 4.69) is 36.9 Å². The molecule has 0 aliphatic carbocycles. The van der Waals surface area contributed by atoms with Gasteiger partial charge in [-0.05, 0) is 62.8 Å². The highest BCUT2D eigenvalue weighted by Crippen LogP contribution is 2.26. The molecule has 5 aliphatic heterocycles. The van der Waals surface area contributed by atoms with E-state index in [0.29, 0.717) is 83.5 Å². The molecule has 0 spiro atoms. The molecular formula is C41H54N12O10. The molecule has 1 aromatic carbocycles. The van der Waals surface area contributed by atoms with Crippen LogP contribution in [-0.4, -0.2) is 154 Å². The van der Waals surface area contributed by atoms with Crippen molar-refractivity contribution in [2.45, 2.75) is 100 Å². The second-order valence-corrected chi connectivity index (χ2v) is 16.1. The van der Waals surface area contributed by atoms with E-state index < -0.39 is 78.1 Å². The molecule has 10 N–H and O–H groups in total. The lowest BCUT2D eigenvalue weighted by molar-refractivity contribution is -0.146. The number of amides is 10. The van der Waals surface area contributed by atoms with Crippen LogP contribution >= 0.6 is 0 Å². The van der Waals surface area contributed by atoms with Crippen LogP contribution in [0.3, 0.4) is 0 Å². The van der Waals surface area contributed by atoms with Gasteiger partial charge in [0.2, 0.25) is 59.1 Å². The Labute approximate surface area is 362 Å². The molecule has 63 heavy (non-hydrogen) atoms. The van der Waals surface area contributed by atoms with Gasteiger partial charge in [-0.15, -0.1) is 0 Å². The Morgan fingerprint density at radius 3 is 1.75 bits per heavy atom. The summed E-state index contributed by atoms with van der Waals surface area (Å²) in [5.74, 6) is -4.60. The minimum atomic E-state index is -1.22. The lowest BCUT2D eigenvalue weighted by atomic mass is 10.1. The van der Waals surface area contributed by atoms with Crippen molar-refractivity contribution < 1.29 is 47.9 Å². The predicted octanol–water partition coefficient (Wildman–Crippen LogP) is -3.15. The number of hydrogen-bond acceptors (Lipinski definition) is 12. The SMILES string of the molecule is NC(=O)CC(NC(=O)C1CCC(=O)N1)C(=O)N1CCCC1C(=O)N1CCNCC1.NC(=O)CC(NC(=O)C1CCC(=O)N1)C(=O)N1CCCC1C(=O)Nc1cccc2ncccc12. The minimum absolute atomic E-state index is 0.107. The smallest absolute Gasteiger partial charge is 0.247 e. The van der Waals surface area contributed by atoms with Gasteiger partial charge in [-0.25, -0.2) is 0 Å². The summed E-state index contributed by atoms with van der Waals surface area (Å²) in [6.07, 6.45) is 4.22. The second kappa shape index (κ2) is 20.9. The first-order chi connectivity index (χ1) is 30.2. The maximum atomic E-state index is 13.3. The Morgan fingerprint density at radius 1 is 0.683 bits per heavy atom. The van der Waals surface area contributed by atoms with E-state index in [1.807, 2.05) is 12.1 Å². The Kier molecular flexibility index (Phi) is 15.2. The molecule has 10 amide bonds. The number of pyridine rings is 1. The summed E-state index contributed by atoms with van der Waals surface area (Å²) < 4.78 is 0. The van der Waals surface area contributed by atoms with Gasteiger partial charge < -0.3 is 58.1 Å². The fraction of sp³-hybridized carbons (Fsp3) is 0.537. The van der Waals surface area contributed by atoms with Gasteiger partial charge in [-0.3, -0.25) is 52.9 Å². The highest BCUT2D eigenvalue weighted by Gasteiger charge is 2.42. The monoisotopic (exact) mass is 874 g/mol. The van der Waals surface area contributed by atoms with Crippen molar-refractivity contribution in [1.82, 2.24) is 46.3 Å². The molecule has 7 rings (SSSR count). The maximum Gasteiger partial charge on any atom is 0.247 e. The predicted molar refractivity (Wildman–Crippen MR) is 223 cm³/mol. The maximum absolute atomic E-state index is 13.3. The van der Waals surface area contributed by atoms with Crippen LogP contribution in [0.15, 0.2) is 36.5 Å². The number of nitrogens with two attached hydrogens (primary N) is 2. The van der Waals surface area contributed by atoms with Gasteiger partial charge in [-0.2, -0.15) is 0 Å². The largest absolute Gasteiger partial charge is 0.370 e. The van der Waals surface area contributed by atoms with Crippen LogP contribution in [0.5, 0.6) is 0 Å². The molecule has 6 unspecified atom stereocenters. The zero-order chi connectivity index (χ0) is 45.2. The van der Waals surface area contributed by atoms with Crippen LogP contribution < -0.4 is 43.4 Å². The van der Waals surface area contributed by atoms with Crippen LogP contribution in [-0.2, 0) is 47.9 Å². The zero-order valence-electron chi connectivity index (χ0n) is 34.8. The molecule has 0 bridgehead atoms. The van der Waals surface area contributed by atoms with E-state index in [4.69, 9.17) is 11.5 Å². The van der Waals surface area contributed by atoms with Gasteiger partial charge in [-0.1, -0.05) is 6.07 Å². The molecule has 6 atom stereocenters. The van der Waals surface area contributed by atoms with Crippen molar-refractivity contribution >= 4 is 75.7 Å². The molecule has 22 nitrogen and oxygen atoms in total. The number of anilines is 1. The lowest BCUT2D eigenvalue weighted by Crippen LogP contribution is -2.58. The highest BCUT2D eigenvalue weighted by molar-refractivity contribution is 6.05. The first kappa shape index (κ1) is 45.8. The van der Waals surface area contributed by atoms with E-state index in [1.54, 1.807) is 29.3 Å². The fourth-order valence-electron chi connectivity index (χ4n) is 8.48. The van der Waals surface area contributed by atoms with Gasteiger partial charge in [0.1, 0.15) is 36.3 Å². The number of primary amides is 2. The van der Waals surface area contributed by atoms with Crippen LogP contribution in [0.2, 0.25) is 0 Å². The van der Waals surface area contributed by atoms with Crippen molar-refractivity contribution in [3.8, 4) is 0 Å². The summed E-state index contributed by atoms with van der Waals surface area (Å²) in [6, 6.07) is 3.74. The van der Waals surface area contributed by atoms with Gasteiger partial charge in [0.15, 0.2) is 0 Å². The van der Waals surface area contributed by atoms with Gasteiger partial charge in [0.25, 0.3) is 0 Å². The van der Waals surface area contributed by atoms with Crippen LogP contribution in [0.25, 0.3) is 10.9 Å². The highest BCUT2D eigenvalue weighted by atomic mass is 16.2. The van der Waals surface area contributed by atoms with Crippen molar-refractivity contribution in [1.29, 1.82) is 0 Å². The fourth-order valence-corrected chi connectivity index (χ4v) is 8.48. The number of aromatic nitrogens is 1. The van der Waals surface area contributed by atoms with Gasteiger partial charge >= 0.3 is 0 Å². The Balaban J connectivity index is 0.000000213. The summed E-state index contributed by atoms with van der Waals surface area (Å²) >= 11 is 0. The van der Waals surface area contributed by atoms with Crippen molar-refractivity contribution in [2.75, 3.05) is 44.6 Å². The number of carbonyl (C=O) groups excluding carboxylic acids is 10. The number of hydrogen-bond donors (Lipinski definition) is 8.